The standard InChI is InChI=1S/C15H20N4O2/c1-10-12(18-14(20)21-15(2,3)4)6-7-13(17-10)11-8-16-19(5)9-11/h6-9H,1-5H3,(H,18,20). The maximum absolute atomic E-state index is 11.8. The normalized spacial score (nSPS) is 11.3. The maximum Gasteiger partial charge on any atom is 0.412 e. The molecule has 21 heavy (non-hydrogen) atoms. The van der Waals surface area contributed by atoms with Crippen molar-refractivity contribution in [2.45, 2.75) is 33.3 Å². The molecule has 0 spiro atoms. The number of hydrogen-bond acceptors (Lipinski definition) is 4. The molecule has 2 aromatic rings. The van der Waals surface area contributed by atoms with E-state index in [0.717, 1.165) is 17.0 Å². The number of aryl methyl sites for hydroxylation is 2. The van der Waals surface area contributed by atoms with Gasteiger partial charge >= 0.3 is 6.09 Å². The lowest BCUT2D eigenvalue weighted by Crippen LogP contribution is -2.27. The summed E-state index contributed by atoms with van der Waals surface area (Å²) in [6.07, 6.45) is 3.16. The Morgan fingerprint density at radius 2 is 2.05 bits per heavy atom. The molecule has 0 aliphatic carbocycles. The van der Waals surface area contributed by atoms with E-state index < -0.39 is 11.7 Å². The van der Waals surface area contributed by atoms with Crippen LogP contribution in [0.2, 0.25) is 0 Å². The summed E-state index contributed by atoms with van der Waals surface area (Å²) >= 11 is 0. The highest BCUT2D eigenvalue weighted by molar-refractivity contribution is 5.85. The number of aromatic nitrogens is 3. The van der Waals surface area contributed by atoms with Crippen LogP contribution >= 0.6 is 0 Å². The first-order chi connectivity index (χ1) is 9.74. The molecule has 0 aliphatic heterocycles. The van der Waals surface area contributed by atoms with E-state index in [-0.39, 0.29) is 0 Å². The fraction of sp³-hybridized carbons (Fsp3) is 0.400. The van der Waals surface area contributed by atoms with Crippen LogP contribution in [0.1, 0.15) is 26.5 Å². The summed E-state index contributed by atoms with van der Waals surface area (Å²) in [5.74, 6) is 0. The molecule has 0 bridgehead atoms. The fourth-order valence-corrected chi connectivity index (χ4v) is 1.82. The summed E-state index contributed by atoms with van der Waals surface area (Å²) in [7, 11) is 1.86. The van der Waals surface area contributed by atoms with Gasteiger partial charge in [0.15, 0.2) is 0 Å². The van der Waals surface area contributed by atoms with E-state index in [1.807, 2.05) is 53.1 Å². The minimum Gasteiger partial charge on any atom is -0.444 e. The van der Waals surface area contributed by atoms with Crippen LogP contribution < -0.4 is 5.32 Å². The van der Waals surface area contributed by atoms with Crippen molar-refractivity contribution in [3.05, 3.63) is 30.2 Å². The molecule has 2 heterocycles. The van der Waals surface area contributed by atoms with Crippen molar-refractivity contribution in [1.29, 1.82) is 0 Å². The highest BCUT2D eigenvalue weighted by atomic mass is 16.6. The lowest BCUT2D eigenvalue weighted by molar-refractivity contribution is 0.0635. The molecule has 0 saturated carbocycles. The van der Waals surface area contributed by atoms with Crippen LogP contribution in [-0.2, 0) is 11.8 Å². The summed E-state index contributed by atoms with van der Waals surface area (Å²) in [5.41, 5.74) is 2.58. The van der Waals surface area contributed by atoms with Gasteiger partial charge < -0.3 is 4.74 Å². The van der Waals surface area contributed by atoms with Gasteiger partial charge in [0.25, 0.3) is 0 Å². The lowest BCUT2D eigenvalue weighted by atomic mass is 10.2. The van der Waals surface area contributed by atoms with Crippen LogP contribution in [0.5, 0.6) is 0 Å². The molecule has 0 radical (unpaired) electrons. The number of nitrogens with one attached hydrogen (secondary N) is 1. The van der Waals surface area contributed by atoms with Gasteiger partial charge in [-0.15, -0.1) is 0 Å². The molecule has 0 unspecified atom stereocenters. The fourth-order valence-electron chi connectivity index (χ4n) is 1.82. The van der Waals surface area contributed by atoms with Crippen molar-refractivity contribution in [2.75, 3.05) is 5.32 Å². The zero-order chi connectivity index (χ0) is 15.6. The molecule has 0 aromatic carbocycles. The molecule has 1 N–H and O–H groups in total. The molecule has 0 atom stereocenters. The number of rotatable bonds is 2. The zero-order valence-corrected chi connectivity index (χ0v) is 13.0. The van der Waals surface area contributed by atoms with E-state index in [9.17, 15) is 4.79 Å². The first kappa shape index (κ1) is 15.0. The highest BCUT2D eigenvalue weighted by Crippen LogP contribution is 2.21. The second kappa shape index (κ2) is 5.55. The molecule has 112 valence electrons. The summed E-state index contributed by atoms with van der Waals surface area (Å²) in [6, 6.07) is 3.66. The Balaban J connectivity index is 2.15. The molecule has 0 aliphatic rings. The predicted molar refractivity (Wildman–Crippen MR) is 81.0 cm³/mol. The first-order valence-corrected chi connectivity index (χ1v) is 6.71. The lowest BCUT2D eigenvalue weighted by Gasteiger charge is -2.20. The Morgan fingerprint density at radius 3 is 2.57 bits per heavy atom. The van der Waals surface area contributed by atoms with Crippen molar-refractivity contribution in [3.8, 4) is 11.3 Å². The third kappa shape index (κ3) is 4.05. The van der Waals surface area contributed by atoms with E-state index in [1.54, 1.807) is 10.9 Å². The van der Waals surface area contributed by atoms with Crippen molar-refractivity contribution in [2.24, 2.45) is 7.05 Å². The van der Waals surface area contributed by atoms with E-state index in [1.165, 1.54) is 0 Å². The van der Waals surface area contributed by atoms with Crippen LogP contribution in [0.25, 0.3) is 11.3 Å². The van der Waals surface area contributed by atoms with Crippen molar-refractivity contribution >= 4 is 11.8 Å². The van der Waals surface area contributed by atoms with Crippen molar-refractivity contribution in [3.63, 3.8) is 0 Å². The van der Waals surface area contributed by atoms with Gasteiger partial charge in [0, 0.05) is 18.8 Å². The minimum atomic E-state index is -0.527. The van der Waals surface area contributed by atoms with Gasteiger partial charge in [0.05, 0.1) is 23.3 Å². The van der Waals surface area contributed by atoms with Gasteiger partial charge in [-0.2, -0.15) is 5.10 Å². The highest BCUT2D eigenvalue weighted by Gasteiger charge is 2.17. The summed E-state index contributed by atoms with van der Waals surface area (Å²) in [5, 5.41) is 6.83. The zero-order valence-electron chi connectivity index (χ0n) is 13.0. The molecule has 0 fully saturated rings. The summed E-state index contributed by atoms with van der Waals surface area (Å²) in [4.78, 5) is 16.2. The largest absolute Gasteiger partial charge is 0.444 e. The van der Waals surface area contributed by atoms with Gasteiger partial charge in [0.1, 0.15) is 5.60 Å². The first-order valence-electron chi connectivity index (χ1n) is 6.71. The van der Waals surface area contributed by atoms with Crippen LogP contribution in [0, 0.1) is 6.92 Å². The number of anilines is 1. The Morgan fingerprint density at radius 1 is 1.33 bits per heavy atom. The Bertz CT molecular complexity index is 656. The second-order valence-corrected chi connectivity index (χ2v) is 5.86. The molecular weight excluding hydrogens is 268 g/mol. The van der Waals surface area contributed by atoms with Gasteiger partial charge in [-0.05, 0) is 39.8 Å². The summed E-state index contributed by atoms with van der Waals surface area (Å²) < 4.78 is 6.95. The molecule has 0 saturated heterocycles. The number of pyridine rings is 1. The monoisotopic (exact) mass is 288 g/mol. The smallest absolute Gasteiger partial charge is 0.412 e. The van der Waals surface area contributed by atoms with Gasteiger partial charge in [-0.1, -0.05) is 0 Å². The number of amides is 1. The van der Waals surface area contributed by atoms with Gasteiger partial charge in [0.2, 0.25) is 0 Å². The molecular formula is C15H20N4O2. The SMILES string of the molecule is Cc1nc(-c2cnn(C)c2)ccc1NC(=O)OC(C)(C)C. The quantitative estimate of drug-likeness (QED) is 0.921. The van der Waals surface area contributed by atoms with Crippen molar-refractivity contribution in [1.82, 2.24) is 14.8 Å². The van der Waals surface area contributed by atoms with Gasteiger partial charge in [-0.3, -0.25) is 15.0 Å². The molecule has 2 rings (SSSR count). The Hall–Kier alpha value is -2.37. The molecule has 6 nitrogen and oxygen atoms in total. The molecule has 2 aromatic heterocycles. The third-order valence-corrected chi connectivity index (χ3v) is 2.72. The average molecular weight is 288 g/mol. The number of ether oxygens (including phenoxy) is 1. The summed E-state index contributed by atoms with van der Waals surface area (Å²) in [6.45, 7) is 7.31. The number of carbonyl (C=O) groups excluding carboxylic acids is 1. The van der Waals surface area contributed by atoms with E-state index in [2.05, 4.69) is 15.4 Å². The number of nitrogens with zero attached hydrogens (tertiary/aromatic N) is 3. The Labute approximate surface area is 124 Å². The minimum absolute atomic E-state index is 0.485. The number of hydrogen-bond donors (Lipinski definition) is 1. The van der Waals surface area contributed by atoms with E-state index >= 15 is 0 Å². The predicted octanol–water partition coefficient (Wildman–Crippen LogP) is 3.14. The van der Waals surface area contributed by atoms with Crippen LogP contribution in [0.4, 0.5) is 10.5 Å². The van der Waals surface area contributed by atoms with Crippen LogP contribution in [-0.4, -0.2) is 26.5 Å². The van der Waals surface area contributed by atoms with Crippen LogP contribution in [0.3, 0.4) is 0 Å². The molecule has 1 amide bonds. The second-order valence-electron chi connectivity index (χ2n) is 5.86. The average Bonchev–Trinajstić information content (AvgIpc) is 2.76. The van der Waals surface area contributed by atoms with E-state index in [0.29, 0.717) is 5.69 Å². The molecule has 6 heteroatoms. The Kier molecular flexibility index (Phi) is 3.97. The van der Waals surface area contributed by atoms with Gasteiger partial charge in [-0.25, -0.2) is 4.79 Å². The van der Waals surface area contributed by atoms with Crippen LogP contribution in [0.15, 0.2) is 24.5 Å². The third-order valence-electron chi connectivity index (χ3n) is 2.72. The maximum atomic E-state index is 11.8. The van der Waals surface area contributed by atoms with Crippen molar-refractivity contribution < 1.29 is 9.53 Å². The number of carbonyl (C=O) groups is 1. The van der Waals surface area contributed by atoms with E-state index in [4.69, 9.17) is 4.74 Å². The topological polar surface area (TPSA) is 69.0 Å².